The molecule has 144 valence electrons. The van der Waals surface area contributed by atoms with Gasteiger partial charge in [-0.25, -0.2) is 5.43 Å². The van der Waals surface area contributed by atoms with Crippen molar-refractivity contribution >= 4 is 50.1 Å². The third kappa shape index (κ3) is 6.07. The molecule has 0 aliphatic heterocycles. The van der Waals surface area contributed by atoms with Crippen molar-refractivity contribution in [2.24, 2.45) is 5.10 Å². The lowest BCUT2D eigenvalue weighted by Crippen LogP contribution is -2.25. The second-order valence-electron chi connectivity index (χ2n) is 6.36. The molecule has 0 radical (unpaired) electrons. The summed E-state index contributed by atoms with van der Waals surface area (Å²) in [5.74, 6) is 1.33. The Morgan fingerprint density at radius 1 is 1.41 bits per heavy atom. The van der Waals surface area contributed by atoms with Crippen molar-refractivity contribution in [1.82, 2.24) is 5.43 Å². The Labute approximate surface area is 176 Å². The van der Waals surface area contributed by atoms with E-state index in [1.807, 2.05) is 38.1 Å². The summed E-state index contributed by atoms with van der Waals surface area (Å²) in [5, 5.41) is 3.94. The Bertz CT molecular complexity index is 857. The minimum absolute atomic E-state index is 0.127. The van der Waals surface area contributed by atoms with Gasteiger partial charge in [0.25, 0.3) is 5.91 Å². The number of rotatable bonds is 7. The van der Waals surface area contributed by atoms with Crippen LogP contribution in [0.25, 0.3) is 6.08 Å². The molecule has 0 fully saturated rings. The van der Waals surface area contributed by atoms with Gasteiger partial charge in [-0.3, -0.25) is 4.79 Å². The number of nitrogens with one attached hydrogen (secondary N) is 1. The molecule has 0 saturated heterocycles. The molecule has 5 nitrogen and oxygen atoms in total. The summed E-state index contributed by atoms with van der Waals surface area (Å²) in [6.07, 6.45) is 4.98. The fourth-order valence-electron chi connectivity index (χ4n) is 2.30. The number of carbonyl (C=O) groups is 1. The van der Waals surface area contributed by atoms with E-state index in [2.05, 4.69) is 56.2 Å². The van der Waals surface area contributed by atoms with Crippen molar-refractivity contribution in [2.45, 2.75) is 33.6 Å². The average molecular weight is 498 g/mol. The molecule has 7 heteroatoms. The Kier molecular flexibility index (Phi) is 7.86. The molecule has 0 aliphatic rings. The fraction of sp³-hybridized carbons (Fsp3) is 0.300. The molecule has 0 saturated carbocycles. The van der Waals surface area contributed by atoms with Crippen LogP contribution in [0.15, 0.2) is 48.5 Å². The van der Waals surface area contributed by atoms with Gasteiger partial charge in [0.1, 0.15) is 11.5 Å². The molecule has 1 aromatic heterocycles. The maximum atomic E-state index is 12.0. The van der Waals surface area contributed by atoms with E-state index < -0.39 is 0 Å². The van der Waals surface area contributed by atoms with Crippen LogP contribution in [0.5, 0.6) is 5.75 Å². The van der Waals surface area contributed by atoms with Gasteiger partial charge in [-0.15, -0.1) is 0 Å². The van der Waals surface area contributed by atoms with E-state index in [4.69, 9.17) is 9.15 Å². The Balaban J connectivity index is 1.98. The maximum Gasteiger partial charge on any atom is 0.277 e. The largest absolute Gasteiger partial charge is 0.482 e. The van der Waals surface area contributed by atoms with E-state index in [9.17, 15) is 4.79 Å². The molecule has 27 heavy (non-hydrogen) atoms. The van der Waals surface area contributed by atoms with Crippen LogP contribution in [0.2, 0.25) is 0 Å². The first-order valence-corrected chi connectivity index (χ1v) is 10.0. The van der Waals surface area contributed by atoms with E-state index in [0.717, 1.165) is 31.4 Å². The van der Waals surface area contributed by atoms with Crippen molar-refractivity contribution in [3.8, 4) is 5.75 Å². The predicted octanol–water partition coefficient (Wildman–Crippen LogP) is 5.82. The normalized spacial score (nSPS) is 12.0. The molecule has 1 amide bonds. The van der Waals surface area contributed by atoms with Crippen LogP contribution >= 0.6 is 31.9 Å². The number of hydrazone groups is 1. The minimum Gasteiger partial charge on any atom is -0.482 e. The highest BCUT2D eigenvalue weighted by Crippen LogP contribution is 2.40. The number of carbonyl (C=O) groups excluding carboxylic acids is 1. The van der Waals surface area contributed by atoms with E-state index in [0.29, 0.717) is 5.75 Å². The maximum absolute atomic E-state index is 12.0. The van der Waals surface area contributed by atoms with Crippen molar-refractivity contribution < 1.29 is 13.9 Å². The minimum atomic E-state index is -0.334. The summed E-state index contributed by atoms with van der Waals surface area (Å²) in [6, 6.07) is 5.68. The first-order valence-electron chi connectivity index (χ1n) is 8.44. The smallest absolute Gasteiger partial charge is 0.277 e. The Hall–Kier alpha value is -1.86. The molecule has 2 rings (SSSR count). The number of hydrogen-bond acceptors (Lipinski definition) is 4. The molecular weight excluding hydrogens is 476 g/mol. The number of nitrogens with zero attached hydrogens (tertiary/aromatic N) is 1. The standard InChI is InChI=1S/C20H22Br2N2O3/c1-12(2)16-9-17(21)14(4)19(22)20(16)27-11-18(25)24-23-10-13(3)8-15-6-5-7-26-15/h5-10,12H,11H2,1-4H3,(H,24,25)/b13-8+,23-10?. The number of benzene rings is 1. The average Bonchev–Trinajstić information content (AvgIpc) is 3.11. The molecule has 2 aromatic rings. The van der Waals surface area contributed by atoms with Crippen LogP contribution in [-0.2, 0) is 4.79 Å². The highest BCUT2D eigenvalue weighted by molar-refractivity contribution is 9.11. The molecule has 1 N–H and O–H groups in total. The summed E-state index contributed by atoms with van der Waals surface area (Å²) in [4.78, 5) is 12.0. The van der Waals surface area contributed by atoms with Crippen LogP contribution in [-0.4, -0.2) is 18.7 Å². The molecule has 0 bridgehead atoms. The number of furan rings is 1. The van der Waals surface area contributed by atoms with Gasteiger partial charge in [-0.05, 0) is 76.7 Å². The number of allylic oxidation sites excluding steroid dienone is 1. The monoisotopic (exact) mass is 496 g/mol. The summed E-state index contributed by atoms with van der Waals surface area (Å²) >= 11 is 7.12. The zero-order valence-electron chi connectivity index (χ0n) is 15.7. The van der Waals surface area contributed by atoms with E-state index >= 15 is 0 Å². The van der Waals surface area contributed by atoms with Crippen LogP contribution in [0, 0.1) is 6.92 Å². The van der Waals surface area contributed by atoms with Gasteiger partial charge < -0.3 is 9.15 Å². The Morgan fingerprint density at radius 3 is 2.78 bits per heavy atom. The van der Waals surface area contributed by atoms with Crippen LogP contribution in [0.3, 0.4) is 0 Å². The first-order chi connectivity index (χ1) is 12.8. The van der Waals surface area contributed by atoms with Crippen LogP contribution in [0.4, 0.5) is 0 Å². The van der Waals surface area contributed by atoms with Crippen molar-refractivity contribution in [3.63, 3.8) is 0 Å². The van der Waals surface area contributed by atoms with Gasteiger partial charge in [-0.1, -0.05) is 29.8 Å². The number of ether oxygens (including phenoxy) is 1. The van der Waals surface area contributed by atoms with E-state index in [-0.39, 0.29) is 18.4 Å². The van der Waals surface area contributed by atoms with E-state index in [1.165, 1.54) is 0 Å². The first kappa shape index (κ1) is 21.4. The molecule has 1 heterocycles. The number of hydrogen-bond donors (Lipinski definition) is 1. The summed E-state index contributed by atoms with van der Waals surface area (Å²) in [6.45, 7) is 7.87. The Morgan fingerprint density at radius 2 is 2.15 bits per heavy atom. The van der Waals surface area contributed by atoms with Crippen LogP contribution < -0.4 is 10.2 Å². The van der Waals surface area contributed by atoms with Crippen LogP contribution in [0.1, 0.15) is 43.6 Å². The SMILES string of the molecule is C/C(C=NNC(=O)COc1c(C(C)C)cc(Br)c(C)c1Br)=C\c1ccco1. The van der Waals surface area contributed by atoms with E-state index in [1.54, 1.807) is 12.5 Å². The number of halogens is 2. The molecular formula is C20H22Br2N2O3. The van der Waals surface area contributed by atoms with Crippen molar-refractivity contribution in [1.29, 1.82) is 0 Å². The lowest BCUT2D eigenvalue weighted by Gasteiger charge is -2.18. The fourth-order valence-corrected chi connectivity index (χ4v) is 3.57. The molecule has 0 unspecified atom stereocenters. The van der Waals surface area contributed by atoms with Crippen molar-refractivity contribution in [2.75, 3.05) is 6.61 Å². The molecule has 1 aromatic carbocycles. The molecule has 0 aliphatic carbocycles. The van der Waals surface area contributed by atoms with Gasteiger partial charge in [-0.2, -0.15) is 5.10 Å². The zero-order chi connectivity index (χ0) is 20.0. The lowest BCUT2D eigenvalue weighted by atomic mass is 10.0. The quantitative estimate of drug-likeness (QED) is 0.387. The van der Waals surface area contributed by atoms with Gasteiger partial charge in [0.2, 0.25) is 0 Å². The third-order valence-electron chi connectivity index (χ3n) is 3.77. The summed E-state index contributed by atoms with van der Waals surface area (Å²) < 4.78 is 12.9. The summed E-state index contributed by atoms with van der Waals surface area (Å²) in [5.41, 5.74) is 5.35. The molecule has 0 spiro atoms. The van der Waals surface area contributed by atoms with Gasteiger partial charge in [0.15, 0.2) is 6.61 Å². The predicted molar refractivity (Wildman–Crippen MR) is 115 cm³/mol. The topological polar surface area (TPSA) is 63.8 Å². The van der Waals surface area contributed by atoms with Crippen molar-refractivity contribution in [3.05, 3.63) is 55.9 Å². The lowest BCUT2D eigenvalue weighted by molar-refractivity contribution is -0.123. The summed E-state index contributed by atoms with van der Waals surface area (Å²) in [7, 11) is 0. The van der Waals surface area contributed by atoms with Gasteiger partial charge >= 0.3 is 0 Å². The van der Waals surface area contributed by atoms with Gasteiger partial charge in [0.05, 0.1) is 17.0 Å². The number of amides is 1. The zero-order valence-corrected chi connectivity index (χ0v) is 18.8. The van der Waals surface area contributed by atoms with Gasteiger partial charge in [0, 0.05) is 4.47 Å². The highest BCUT2D eigenvalue weighted by Gasteiger charge is 2.17. The second-order valence-corrected chi connectivity index (χ2v) is 8.00. The second kappa shape index (κ2) is 9.90. The molecule has 0 atom stereocenters. The third-order valence-corrected chi connectivity index (χ3v) is 5.55. The highest BCUT2D eigenvalue weighted by atomic mass is 79.9.